The average molecular weight is 659 g/mol. The Balaban J connectivity index is 1.17. The third-order valence-electron chi connectivity index (χ3n) is 7.76. The van der Waals surface area contributed by atoms with Crippen LogP contribution < -0.4 is 14.8 Å². The summed E-state index contributed by atoms with van der Waals surface area (Å²) in [6.45, 7) is 4.95. The van der Waals surface area contributed by atoms with Gasteiger partial charge in [0.25, 0.3) is 0 Å². The minimum absolute atomic E-state index is 0.261. The number of aryl methyl sites for hydroxylation is 1. The number of halogens is 2. The van der Waals surface area contributed by atoms with Crippen LogP contribution in [0.4, 0.5) is 15.8 Å². The normalized spacial score (nSPS) is 19.1. The van der Waals surface area contributed by atoms with E-state index in [0.29, 0.717) is 36.5 Å². The summed E-state index contributed by atoms with van der Waals surface area (Å²) in [6, 6.07) is 25.9. The molecule has 6 rings (SSSR count). The van der Waals surface area contributed by atoms with Crippen LogP contribution in [0.15, 0.2) is 96.0 Å². The van der Waals surface area contributed by atoms with Crippen LogP contribution in [0.5, 0.6) is 11.5 Å². The monoisotopic (exact) mass is 658 g/mol. The van der Waals surface area contributed by atoms with E-state index in [1.54, 1.807) is 12.1 Å². The first kappa shape index (κ1) is 27.5. The molecule has 0 bridgehead atoms. The van der Waals surface area contributed by atoms with Crippen molar-refractivity contribution in [3.05, 3.63) is 128 Å². The molecule has 41 heavy (non-hydrogen) atoms. The average Bonchev–Trinajstić information content (AvgIpc) is 3.47. The fraction of sp³-hybridized carbons (Fsp3) is 0.229. The molecule has 1 N–H and O–H groups in total. The summed E-state index contributed by atoms with van der Waals surface area (Å²) in [4.78, 5) is 4.76. The number of allylic oxidation sites excluding steroid dienone is 2. The highest BCUT2D eigenvalue weighted by Crippen LogP contribution is 2.50. The van der Waals surface area contributed by atoms with Gasteiger partial charge in [0.15, 0.2) is 11.5 Å². The fourth-order valence-corrected chi connectivity index (χ4v) is 6.54. The Morgan fingerprint density at radius 1 is 1.00 bits per heavy atom. The molecular formula is C35H32FIN2O2. The van der Waals surface area contributed by atoms with Crippen molar-refractivity contribution in [3.63, 3.8) is 0 Å². The summed E-state index contributed by atoms with van der Waals surface area (Å²) in [5.74, 6) is 2.05. The second-order valence-electron chi connectivity index (χ2n) is 10.6. The van der Waals surface area contributed by atoms with Crippen molar-refractivity contribution < 1.29 is 13.9 Å². The first-order valence-electron chi connectivity index (χ1n) is 14.0. The summed E-state index contributed by atoms with van der Waals surface area (Å²) < 4.78 is 26.2. The highest BCUT2D eigenvalue weighted by Gasteiger charge is 2.37. The van der Waals surface area contributed by atoms with E-state index in [4.69, 9.17) is 14.5 Å². The molecule has 2 aliphatic rings. The van der Waals surface area contributed by atoms with Gasteiger partial charge in [0.05, 0.1) is 21.9 Å². The minimum Gasteiger partial charge on any atom is -0.490 e. The van der Waals surface area contributed by atoms with Crippen LogP contribution in [0.3, 0.4) is 0 Å². The second-order valence-corrected chi connectivity index (χ2v) is 11.8. The SMILES string of the molecule is CCOc1cc(C=Nc2ccc([C@@H]3Nc4ccc(C)cc4[C@@H]4C=CC[C@@H]43)cc2)cc(I)c1OCc1ccc(F)cc1. The lowest BCUT2D eigenvalue weighted by Gasteiger charge is -2.37. The van der Waals surface area contributed by atoms with Crippen LogP contribution >= 0.6 is 22.6 Å². The first-order chi connectivity index (χ1) is 20.0. The molecule has 4 nitrogen and oxygen atoms in total. The third-order valence-corrected chi connectivity index (χ3v) is 8.56. The van der Waals surface area contributed by atoms with Gasteiger partial charge in [0, 0.05) is 17.8 Å². The van der Waals surface area contributed by atoms with Crippen molar-refractivity contribution >= 4 is 40.2 Å². The van der Waals surface area contributed by atoms with Crippen LogP contribution in [0.2, 0.25) is 0 Å². The van der Waals surface area contributed by atoms with Gasteiger partial charge in [0.1, 0.15) is 12.4 Å². The van der Waals surface area contributed by atoms with Crippen molar-refractivity contribution in [2.45, 2.75) is 38.8 Å². The molecular weight excluding hydrogens is 626 g/mol. The van der Waals surface area contributed by atoms with E-state index in [9.17, 15) is 4.39 Å². The van der Waals surface area contributed by atoms with Crippen LogP contribution in [0, 0.1) is 22.2 Å². The predicted molar refractivity (Wildman–Crippen MR) is 172 cm³/mol. The molecule has 208 valence electrons. The highest BCUT2D eigenvalue weighted by atomic mass is 127. The van der Waals surface area contributed by atoms with E-state index >= 15 is 0 Å². The van der Waals surface area contributed by atoms with Crippen LogP contribution in [-0.4, -0.2) is 12.8 Å². The van der Waals surface area contributed by atoms with Gasteiger partial charge in [-0.25, -0.2) is 4.39 Å². The Hall–Kier alpha value is -3.65. The molecule has 4 aromatic carbocycles. The van der Waals surface area contributed by atoms with Gasteiger partial charge in [-0.2, -0.15) is 0 Å². The Morgan fingerprint density at radius 2 is 1.80 bits per heavy atom. The van der Waals surface area contributed by atoms with Crippen molar-refractivity contribution in [2.75, 3.05) is 11.9 Å². The molecule has 0 saturated carbocycles. The number of anilines is 1. The summed E-state index contributed by atoms with van der Waals surface area (Å²) in [6.07, 6.45) is 7.65. The zero-order chi connectivity index (χ0) is 28.3. The third kappa shape index (κ3) is 6.03. The molecule has 0 radical (unpaired) electrons. The predicted octanol–water partition coefficient (Wildman–Crippen LogP) is 9.29. The minimum atomic E-state index is -0.261. The van der Waals surface area contributed by atoms with Crippen LogP contribution in [0.1, 0.15) is 53.1 Å². The number of aliphatic imine (C=N–C) groups is 1. The lowest BCUT2D eigenvalue weighted by Crippen LogP contribution is -2.29. The molecule has 4 aromatic rings. The lowest BCUT2D eigenvalue weighted by atomic mass is 9.76. The van der Waals surface area contributed by atoms with Crippen molar-refractivity contribution in [2.24, 2.45) is 10.9 Å². The van der Waals surface area contributed by atoms with E-state index in [0.717, 1.165) is 26.8 Å². The summed E-state index contributed by atoms with van der Waals surface area (Å²) in [7, 11) is 0. The smallest absolute Gasteiger partial charge is 0.175 e. The van der Waals surface area contributed by atoms with E-state index in [1.807, 2.05) is 25.3 Å². The molecule has 0 spiro atoms. The fourth-order valence-electron chi connectivity index (χ4n) is 5.76. The molecule has 1 aliphatic carbocycles. The Labute approximate surface area is 254 Å². The van der Waals surface area contributed by atoms with Gasteiger partial charge in [-0.1, -0.05) is 54.1 Å². The van der Waals surface area contributed by atoms with Crippen molar-refractivity contribution in [3.8, 4) is 11.5 Å². The Kier molecular flexibility index (Phi) is 8.10. The topological polar surface area (TPSA) is 42.8 Å². The van der Waals surface area contributed by atoms with Crippen LogP contribution in [0.25, 0.3) is 0 Å². The van der Waals surface area contributed by atoms with Crippen molar-refractivity contribution in [1.29, 1.82) is 0 Å². The second kappa shape index (κ2) is 12.1. The van der Waals surface area contributed by atoms with Gasteiger partial charge in [0.2, 0.25) is 0 Å². The first-order valence-corrected chi connectivity index (χ1v) is 15.1. The van der Waals surface area contributed by atoms with E-state index in [2.05, 4.69) is 89.4 Å². The maximum atomic E-state index is 13.3. The van der Waals surface area contributed by atoms with Gasteiger partial charge >= 0.3 is 0 Å². The Bertz CT molecular complexity index is 1600. The quantitative estimate of drug-likeness (QED) is 0.117. The standard InChI is InChI=1S/C35H32FIN2O2/c1-3-40-33-19-24(18-31(37)35(33)41-21-23-8-12-26(36)13-9-23)20-38-27-14-10-25(11-15-27)34-29-6-4-5-28(29)30-17-22(2)7-16-32(30)39-34/h4-5,7-20,28-29,34,39H,3,6,21H2,1-2H3/t28-,29+,34+/m1/s1. The zero-order valence-corrected chi connectivity index (χ0v) is 25.3. The van der Waals surface area contributed by atoms with Crippen LogP contribution in [-0.2, 0) is 6.61 Å². The number of ether oxygens (including phenoxy) is 2. The zero-order valence-electron chi connectivity index (χ0n) is 23.1. The molecule has 1 heterocycles. The van der Waals surface area contributed by atoms with E-state index in [-0.39, 0.29) is 11.9 Å². The highest BCUT2D eigenvalue weighted by molar-refractivity contribution is 14.1. The molecule has 0 saturated heterocycles. The summed E-state index contributed by atoms with van der Waals surface area (Å²) in [5.41, 5.74) is 7.95. The van der Waals surface area contributed by atoms with E-state index < -0.39 is 0 Å². The Morgan fingerprint density at radius 3 is 2.59 bits per heavy atom. The largest absolute Gasteiger partial charge is 0.490 e. The number of fused-ring (bicyclic) bond motifs is 3. The maximum Gasteiger partial charge on any atom is 0.175 e. The molecule has 6 heteroatoms. The van der Waals surface area contributed by atoms with Crippen molar-refractivity contribution in [1.82, 2.24) is 0 Å². The number of rotatable bonds is 8. The molecule has 0 amide bonds. The number of benzene rings is 4. The molecule has 0 unspecified atom stereocenters. The molecule has 0 fully saturated rings. The summed E-state index contributed by atoms with van der Waals surface area (Å²) >= 11 is 2.26. The molecule has 3 atom stereocenters. The number of nitrogens with zero attached hydrogens (tertiary/aromatic N) is 1. The van der Waals surface area contributed by atoms with Gasteiger partial charge < -0.3 is 14.8 Å². The maximum absolute atomic E-state index is 13.3. The van der Waals surface area contributed by atoms with E-state index in [1.165, 1.54) is 34.5 Å². The number of hydrogen-bond donors (Lipinski definition) is 1. The van der Waals surface area contributed by atoms with Gasteiger partial charge in [-0.15, -0.1) is 0 Å². The van der Waals surface area contributed by atoms with Gasteiger partial charge in [-0.3, -0.25) is 4.99 Å². The number of nitrogens with one attached hydrogen (secondary N) is 1. The molecule has 1 aliphatic heterocycles. The summed E-state index contributed by atoms with van der Waals surface area (Å²) in [5, 5.41) is 3.82. The molecule has 0 aromatic heterocycles. The lowest BCUT2D eigenvalue weighted by molar-refractivity contribution is 0.267. The van der Waals surface area contributed by atoms with Gasteiger partial charge in [-0.05, 0) is 113 Å². The number of hydrogen-bond acceptors (Lipinski definition) is 4.